The molecule has 0 unspecified atom stereocenters. The highest BCUT2D eigenvalue weighted by Gasteiger charge is 2.15. The fraction of sp³-hybridized carbons (Fsp3) is 0.167. The van der Waals surface area contributed by atoms with E-state index in [-0.39, 0.29) is 12.3 Å². The van der Waals surface area contributed by atoms with E-state index in [1.807, 2.05) is 37.3 Å². The van der Waals surface area contributed by atoms with Gasteiger partial charge in [0, 0.05) is 5.39 Å². The van der Waals surface area contributed by atoms with Gasteiger partial charge in [-0.15, -0.1) is 0 Å². The average molecular weight is 340 g/mol. The molecule has 6 heteroatoms. The summed E-state index contributed by atoms with van der Waals surface area (Å²) in [6.45, 7) is 2.01. The normalized spacial score (nSPS) is 11.5. The van der Waals surface area contributed by atoms with Gasteiger partial charge in [0.15, 0.2) is 0 Å². The Kier molecular flexibility index (Phi) is 4.38. The lowest BCUT2D eigenvalue weighted by molar-refractivity contribution is 0.526. The molecule has 0 saturated heterocycles. The van der Waals surface area contributed by atoms with Crippen molar-refractivity contribution >= 4 is 21.0 Å². The molecule has 2 aromatic carbocycles. The van der Waals surface area contributed by atoms with Crippen molar-refractivity contribution in [3.8, 4) is 6.07 Å². The number of hydrogen-bond donors (Lipinski definition) is 1. The maximum Gasteiger partial charge on any atom is 0.216 e. The molecule has 122 valence electrons. The van der Waals surface area contributed by atoms with Crippen molar-refractivity contribution in [1.82, 2.24) is 4.72 Å². The largest absolute Gasteiger partial charge is 0.459 e. The van der Waals surface area contributed by atoms with Crippen LogP contribution in [0.5, 0.6) is 0 Å². The van der Waals surface area contributed by atoms with Crippen LogP contribution in [0, 0.1) is 18.3 Å². The summed E-state index contributed by atoms with van der Waals surface area (Å²) in [5.74, 6) is 0.424. The van der Waals surface area contributed by atoms with Crippen molar-refractivity contribution in [2.75, 3.05) is 0 Å². The Labute approximate surface area is 140 Å². The number of nitrogens with zero attached hydrogens (tertiary/aromatic N) is 1. The molecule has 0 spiro atoms. The minimum absolute atomic E-state index is 0.0980. The molecule has 1 aromatic heterocycles. The van der Waals surface area contributed by atoms with Crippen LogP contribution < -0.4 is 4.72 Å². The van der Waals surface area contributed by atoms with Gasteiger partial charge in [-0.3, -0.25) is 0 Å². The summed E-state index contributed by atoms with van der Waals surface area (Å²) < 4.78 is 32.8. The Morgan fingerprint density at radius 3 is 2.71 bits per heavy atom. The summed E-state index contributed by atoms with van der Waals surface area (Å²) in [7, 11) is -3.53. The van der Waals surface area contributed by atoms with E-state index in [1.165, 1.54) is 0 Å². The van der Waals surface area contributed by atoms with Crippen molar-refractivity contribution in [3.63, 3.8) is 0 Å². The molecule has 0 aliphatic heterocycles. The Morgan fingerprint density at radius 2 is 1.96 bits per heavy atom. The van der Waals surface area contributed by atoms with E-state index in [0.29, 0.717) is 16.9 Å². The highest BCUT2D eigenvalue weighted by Crippen LogP contribution is 2.24. The number of aryl methyl sites for hydroxylation is 1. The van der Waals surface area contributed by atoms with Crippen LogP contribution in [-0.2, 0) is 22.3 Å². The van der Waals surface area contributed by atoms with Crippen molar-refractivity contribution in [2.24, 2.45) is 0 Å². The van der Waals surface area contributed by atoms with Crippen LogP contribution in [0.15, 0.2) is 52.9 Å². The topological polar surface area (TPSA) is 83.1 Å². The minimum Gasteiger partial charge on any atom is -0.459 e. The maximum absolute atomic E-state index is 12.3. The first-order chi connectivity index (χ1) is 11.5. The fourth-order valence-corrected chi connectivity index (χ4v) is 3.64. The number of para-hydroxylation sites is 1. The van der Waals surface area contributed by atoms with Crippen LogP contribution in [0.1, 0.15) is 22.5 Å². The third-order valence-corrected chi connectivity index (χ3v) is 5.11. The number of furan rings is 1. The number of sulfonamides is 1. The van der Waals surface area contributed by atoms with E-state index in [2.05, 4.69) is 4.72 Å². The molecular weight excluding hydrogens is 324 g/mol. The minimum atomic E-state index is -3.53. The van der Waals surface area contributed by atoms with Gasteiger partial charge in [-0.05, 0) is 36.2 Å². The van der Waals surface area contributed by atoms with Crippen molar-refractivity contribution in [3.05, 3.63) is 71.0 Å². The first kappa shape index (κ1) is 16.2. The predicted octanol–water partition coefficient (Wildman–Crippen LogP) is 3.23. The molecule has 0 amide bonds. The molecule has 24 heavy (non-hydrogen) atoms. The van der Waals surface area contributed by atoms with Crippen molar-refractivity contribution < 1.29 is 12.8 Å². The van der Waals surface area contributed by atoms with Gasteiger partial charge in [-0.25, -0.2) is 13.1 Å². The molecule has 0 atom stereocenters. The standard InChI is InChI=1S/C18H16N2O3S/c1-13-16-7-2-3-8-17(16)23-18(13)11-20-24(21,22)12-15-6-4-5-14(9-15)10-19/h2-9,20H,11-12H2,1H3. The summed E-state index contributed by atoms with van der Waals surface area (Å²) in [4.78, 5) is 0. The Balaban J connectivity index is 1.74. The molecular formula is C18H16N2O3S. The van der Waals surface area contributed by atoms with E-state index >= 15 is 0 Å². The monoisotopic (exact) mass is 340 g/mol. The zero-order valence-corrected chi connectivity index (χ0v) is 13.9. The quantitative estimate of drug-likeness (QED) is 0.773. The predicted molar refractivity (Wildman–Crippen MR) is 91.6 cm³/mol. The number of rotatable bonds is 5. The highest BCUT2D eigenvalue weighted by atomic mass is 32.2. The maximum atomic E-state index is 12.3. The number of hydrogen-bond acceptors (Lipinski definition) is 4. The van der Waals surface area contributed by atoms with Gasteiger partial charge in [0.05, 0.1) is 23.9 Å². The highest BCUT2D eigenvalue weighted by molar-refractivity contribution is 7.88. The number of benzene rings is 2. The zero-order valence-electron chi connectivity index (χ0n) is 13.1. The number of nitriles is 1. The molecule has 0 aliphatic rings. The van der Waals surface area contributed by atoms with Gasteiger partial charge in [0.25, 0.3) is 0 Å². The Hall–Kier alpha value is -2.62. The van der Waals surface area contributed by atoms with Crippen LogP contribution in [-0.4, -0.2) is 8.42 Å². The summed E-state index contributed by atoms with van der Waals surface area (Å²) >= 11 is 0. The molecule has 3 aromatic rings. The molecule has 1 heterocycles. The van der Waals surface area contributed by atoms with E-state index in [1.54, 1.807) is 24.3 Å². The number of fused-ring (bicyclic) bond motifs is 1. The van der Waals surface area contributed by atoms with Crippen LogP contribution in [0.4, 0.5) is 0 Å². The zero-order chi connectivity index (χ0) is 17.2. The molecule has 1 N–H and O–H groups in total. The molecule has 0 bridgehead atoms. The smallest absolute Gasteiger partial charge is 0.216 e. The molecule has 5 nitrogen and oxygen atoms in total. The third-order valence-electron chi connectivity index (χ3n) is 3.81. The lowest BCUT2D eigenvalue weighted by atomic mass is 10.1. The summed E-state index contributed by atoms with van der Waals surface area (Å²) in [5, 5.41) is 9.86. The van der Waals surface area contributed by atoms with Crippen LogP contribution in [0.2, 0.25) is 0 Å². The van der Waals surface area contributed by atoms with Crippen molar-refractivity contribution in [2.45, 2.75) is 19.2 Å². The van der Waals surface area contributed by atoms with E-state index < -0.39 is 10.0 Å². The van der Waals surface area contributed by atoms with Gasteiger partial charge in [0.2, 0.25) is 10.0 Å². The molecule has 0 fully saturated rings. The lowest BCUT2D eigenvalue weighted by Crippen LogP contribution is -2.24. The lowest BCUT2D eigenvalue weighted by Gasteiger charge is -2.06. The van der Waals surface area contributed by atoms with Crippen LogP contribution >= 0.6 is 0 Å². The average Bonchev–Trinajstić information content (AvgIpc) is 2.89. The van der Waals surface area contributed by atoms with E-state index in [0.717, 1.165) is 16.5 Å². The third kappa shape index (κ3) is 3.48. The molecule has 0 radical (unpaired) electrons. The van der Waals surface area contributed by atoms with Crippen LogP contribution in [0.25, 0.3) is 11.0 Å². The fourth-order valence-electron chi connectivity index (χ4n) is 2.57. The van der Waals surface area contributed by atoms with E-state index in [9.17, 15) is 8.42 Å². The van der Waals surface area contributed by atoms with Gasteiger partial charge in [-0.2, -0.15) is 5.26 Å². The second-order valence-electron chi connectivity index (χ2n) is 5.54. The second-order valence-corrected chi connectivity index (χ2v) is 7.35. The first-order valence-electron chi connectivity index (χ1n) is 7.42. The number of nitrogens with one attached hydrogen (secondary N) is 1. The second kappa shape index (κ2) is 6.48. The molecule has 0 aliphatic carbocycles. The van der Waals surface area contributed by atoms with E-state index in [4.69, 9.17) is 9.68 Å². The molecule has 0 saturated carbocycles. The van der Waals surface area contributed by atoms with Crippen molar-refractivity contribution in [1.29, 1.82) is 5.26 Å². The Bertz CT molecular complexity index is 1030. The van der Waals surface area contributed by atoms with Gasteiger partial charge >= 0.3 is 0 Å². The van der Waals surface area contributed by atoms with Gasteiger partial charge in [0.1, 0.15) is 11.3 Å². The summed E-state index contributed by atoms with van der Waals surface area (Å²) in [6, 6.07) is 16.2. The van der Waals surface area contributed by atoms with Gasteiger partial charge in [-0.1, -0.05) is 30.3 Å². The summed E-state index contributed by atoms with van der Waals surface area (Å²) in [5.41, 5.74) is 2.68. The van der Waals surface area contributed by atoms with Crippen LogP contribution in [0.3, 0.4) is 0 Å². The molecule has 3 rings (SSSR count). The van der Waals surface area contributed by atoms with Gasteiger partial charge < -0.3 is 4.42 Å². The first-order valence-corrected chi connectivity index (χ1v) is 9.07. The SMILES string of the molecule is Cc1c(CNS(=O)(=O)Cc2cccc(C#N)c2)oc2ccccc12. The Morgan fingerprint density at radius 1 is 1.17 bits per heavy atom. The summed E-state index contributed by atoms with van der Waals surface area (Å²) in [6.07, 6.45) is 0.